The fourth-order valence-corrected chi connectivity index (χ4v) is 1.37. The fourth-order valence-electron chi connectivity index (χ4n) is 1.37. The van der Waals surface area contributed by atoms with Crippen molar-refractivity contribution in [3.05, 3.63) is 40.8 Å². The zero-order chi connectivity index (χ0) is 12.4. The van der Waals surface area contributed by atoms with Crippen LogP contribution in [-0.4, -0.2) is 5.91 Å². The van der Waals surface area contributed by atoms with Crippen LogP contribution in [0.2, 0.25) is 0 Å². The van der Waals surface area contributed by atoms with Crippen molar-refractivity contribution in [1.82, 2.24) is 0 Å². The minimum atomic E-state index is -0.550. The largest absolute Gasteiger partial charge is 0.485 e. The third-order valence-corrected chi connectivity index (χ3v) is 2.36. The van der Waals surface area contributed by atoms with Gasteiger partial charge in [0, 0.05) is 32.6 Å². The van der Waals surface area contributed by atoms with E-state index in [9.17, 15) is 9.59 Å². The van der Waals surface area contributed by atoms with Crippen LogP contribution in [0.5, 0.6) is 0 Å². The molecule has 0 unspecified atom stereocenters. The number of nitrogens with one attached hydrogen (secondary N) is 1. The molecule has 1 heterocycles. The Morgan fingerprint density at radius 2 is 2.17 bits per heavy atom. The average Bonchev–Trinajstić information content (AvgIpc) is 2.29. The van der Waals surface area contributed by atoms with Gasteiger partial charge in [-0.3, -0.25) is 4.79 Å². The molecule has 18 heavy (non-hydrogen) atoms. The normalized spacial score (nSPS) is 10.2. The van der Waals surface area contributed by atoms with Gasteiger partial charge < -0.3 is 9.73 Å². The monoisotopic (exact) mass is 328 g/mol. The molecule has 2 aromatic rings. The first-order valence-corrected chi connectivity index (χ1v) is 5.33. The SMILES string of the molecule is CC(C)C(=O)Nc1cc2cc[c-]cc2oc1=O.[Mo]. The molecule has 0 spiro atoms. The Hall–Kier alpha value is -1.41. The van der Waals surface area contributed by atoms with Crippen LogP contribution >= 0.6 is 0 Å². The maximum absolute atomic E-state index is 11.6. The van der Waals surface area contributed by atoms with Crippen molar-refractivity contribution < 1.29 is 30.3 Å². The van der Waals surface area contributed by atoms with Gasteiger partial charge in [0.15, 0.2) is 0 Å². The summed E-state index contributed by atoms with van der Waals surface area (Å²) in [5.41, 5.74) is 0.0774. The fraction of sp³-hybridized carbons (Fsp3) is 0.231. The van der Waals surface area contributed by atoms with E-state index in [4.69, 9.17) is 4.42 Å². The predicted molar refractivity (Wildman–Crippen MR) is 64.8 cm³/mol. The number of amides is 1. The molecule has 0 fully saturated rings. The van der Waals surface area contributed by atoms with Crippen molar-refractivity contribution in [2.75, 3.05) is 5.32 Å². The molecule has 1 amide bonds. The molecular weight excluding hydrogens is 314 g/mol. The molecule has 1 N–H and O–H groups in total. The van der Waals surface area contributed by atoms with Crippen LogP contribution in [-0.2, 0) is 25.9 Å². The van der Waals surface area contributed by atoms with E-state index in [1.54, 1.807) is 38.1 Å². The van der Waals surface area contributed by atoms with Gasteiger partial charge >= 0.3 is 5.63 Å². The van der Waals surface area contributed by atoms with Crippen LogP contribution in [0.15, 0.2) is 33.5 Å². The molecule has 2 rings (SSSR count). The van der Waals surface area contributed by atoms with Crippen molar-refractivity contribution in [1.29, 1.82) is 0 Å². The molecular formula is C13H12MoNO3-. The Morgan fingerprint density at radius 3 is 2.83 bits per heavy atom. The number of hydrogen-bond acceptors (Lipinski definition) is 3. The van der Waals surface area contributed by atoms with E-state index in [-0.39, 0.29) is 38.6 Å². The average molecular weight is 326 g/mol. The van der Waals surface area contributed by atoms with Crippen LogP contribution in [0.25, 0.3) is 11.0 Å². The Balaban J connectivity index is 0.00000162. The van der Waals surface area contributed by atoms with Gasteiger partial charge in [0.05, 0.1) is 0 Å². The summed E-state index contributed by atoms with van der Waals surface area (Å²) in [5.74, 6) is -0.395. The van der Waals surface area contributed by atoms with Gasteiger partial charge in [0.1, 0.15) is 5.69 Å². The summed E-state index contributed by atoms with van der Waals surface area (Å²) in [6, 6.07) is 9.50. The van der Waals surface area contributed by atoms with Crippen molar-refractivity contribution >= 4 is 22.6 Å². The molecule has 94 valence electrons. The number of rotatable bonds is 2. The van der Waals surface area contributed by atoms with Crippen LogP contribution in [0.3, 0.4) is 0 Å². The molecule has 0 bridgehead atoms. The minimum absolute atomic E-state index is 0. The molecule has 4 nitrogen and oxygen atoms in total. The Labute approximate surface area is 119 Å². The summed E-state index contributed by atoms with van der Waals surface area (Å²) in [7, 11) is 0. The third kappa shape index (κ3) is 3.08. The van der Waals surface area contributed by atoms with Gasteiger partial charge in [-0.05, 0) is 6.07 Å². The topological polar surface area (TPSA) is 59.3 Å². The van der Waals surface area contributed by atoms with Crippen LogP contribution in [0.1, 0.15) is 13.8 Å². The number of carbonyl (C=O) groups is 1. The van der Waals surface area contributed by atoms with E-state index in [1.807, 2.05) is 0 Å². The summed E-state index contributed by atoms with van der Waals surface area (Å²) in [4.78, 5) is 23.1. The number of hydrogen-bond donors (Lipinski definition) is 1. The van der Waals surface area contributed by atoms with Crippen LogP contribution in [0.4, 0.5) is 5.69 Å². The van der Waals surface area contributed by atoms with E-state index in [1.165, 1.54) is 0 Å². The van der Waals surface area contributed by atoms with Crippen molar-refractivity contribution in [2.24, 2.45) is 5.92 Å². The molecule has 0 radical (unpaired) electrons. The maximum atomic E-state index is 11.6. The Morgan fingerprint density at radius 1 is 1.44 bits per heavy atom. The molecule has 1 aromatic carbocycles. The molecule has 0 aliphatic carbocycles. The van der Waals surface area contributed by atoms with E-state index < -0.39 is 5.63 Å². The minimum Gasteiger partial charge on any atom is -0.485 e. The van der Waals surface area contributed by atoms with E-state index in [0.29, 0.717) is 5.58 Å². The second-order valence-corrected chi connectivity index (χ2v) is 4.06. The summed E-state index contributed by atoms with van der Waals surface area (Å²) in [5, 5.41) is 3.30. The second-order valence-electron chi connectivity index (χ2n) is 4.06. The van der Waals surface area contributed by atoms with Gasteiger partial charge in [0.2, 0.25) is 5.91 Å². The number of benzene rings is 1. The summed E-state index contributed by atoms with van der Waals surface area (Å²) in [6.07, 6.45) is 0. The number of carbonyl (C=O) groups excluding carboxylic acids is 1. The summed E-state index contributed by atoms with van der Waals surface area (Å²) >= 11 is 0. The molecule has 0 atom stereocenters. The van der Waals surface area contributed by atoms with Crippen molar-refractivity contribution in [3.63, 3.8) is 0 Å². The second kappa shape index (κ2) is 5.96. The van der Waals surface area contributed by atoms with Gasteiger partial charge in [-0.25, -0.2) is 4.79 Å². The molecule has 0 saturated heterocycles. The summed E-state index contributed by atoms with van der Waals surface area (Å²) in [6.45, 7) is 3.51. The van der Waals surface area contributed by atoms with Crippen molar-refractivity contribution in [3.8, 4) is 0 Å². The zero-order valence-electron chi connectivity index (χ0n) is 10.0. The maximum Gasteiger partial charge on any atom is 0.348 e. The first kappa shape index (κ1) is 14.6. The zero-order valence-corrected chi connectivity index (χ0v) is 12.0. The number of anilines is 1. The molecule has 5 heteroatoms. The molecule has 0 aliphatic heterocycles. The standard InChI is InChI=1S/C13H12NO3.Mo/c1-8(2)12(15)14-10-7-9-5-3-4-6-11(9)17-13(10)16;/h3,5-8H,1-2H3,(H,14,15);/q-1;. The molecule has 0 saturated carbocycles. The molecule has 0 aliphatic rings. The molecule has 1 aromatic heterocycles. The first-order chi connectivity index (χ1) is 8.08. The van der Waals surface area contributed by atoms with Gasteiger partial charge in [-0.2, -0.15) is 18.2 Å². The van der Waals surface area contributed by atoms with Gasteiger partial charge in [0.25, 0.3) is 0 Å². The van der Waals surface area contributed by atoms with E-state index in [2.05, 4.69) is 11.4 Å². The van der Waals surface area contributed by atoms with Gasteiger partial charge in [-0.1, -0.05) is 19.2 Å². The van der Waals surface area contributed by atoms with Crippen molar-refractivity contribution in [2.45, 2.75) is 13.8 Å². The quantitative estimate of drug-likeness (QED) is 0.523. The Kier molecular flexibility index (Phi) is 4.85. The summed E-state index contributed by atoms with van der Waals surface area (Å²) < 4.78 is 5.07. The van der Waals surface area contributed by atoms with E-state index >= 15 is 0 Å². The van der Waals surface area contributed by atoms with Gasteiger partial charge in [-0.15, -0.1) is 6.07 Å². The smallest absolute Gasteiger partial charge is 0.348 e. The first-order valence-electron chi connectivity index (χ1n) is 5.33. The van der Waals surface area contributed by atoms with E-state index in [0.717, 1.165) is 5.39 Å². The Bertz CT molecular complexity index is 619. The van der Waals surface area contributed by atoms with Crippen LogP contribution < -0.4 is 10.9 Å². The number of fused-ring (bicyclic) bond motifs is 1. The predicted octanol–water partition coefficient (Wildman–Crippen LogP) is 2.19. The third-order valence-electron chi connectivity index (χ3n) is 2.36. The van der Waals surface area contributed by atoms with Crippen LogP contribution in [0, 0.1) is 12.0 Å².